The molecule has 6 nitrogen and oxygen atoms in total. The van der Waals surface area contributed by atoms with Crippen molar-refractivity contribution in [2.24, 2.45) is 0 Å². The normalized spacial score (nSPS) is 16.6. The molecule has 26 heavy (non-hydrogen) atoms. The van der Waals surface area contributed by atoms with Crippen molar-refractivity contribution in [1.82, 2.24) is 25.6 Å². The van der Waals surface area contributed by atoms with Crippen molar-refractivity contribution in [2.45, 2.75) is 19.4 Å². The molecule has 0 spiro atoms. The first-order valence-electron chi connectivity index (χ1n) is 8.82. The van der Waals surface area contributed by atoms with Gasteiger partial charge >= 0.3 is 0 Å². The Labute approximate surface area is 152 Å². The zero-order chi connectivity index (χ0) is 17.9. The van der Waals surface area contributed by atoms with Crippen molar-refractivity contribution in [3.05, 3.63) is 66.0 Å². The lowest BCUT2D eigenvalue weighted by Gasteiger charge is -2.10. The van der Waals surface area contributed by atoms with E-state index in [-0.39, 0.29) is 11.9 Å². The van der Waals surface area contributed by atoms with Gasteiger partial charge in [0.05, 0.1) is 11.4 Å². The maximum absolute atomic E-state index is 12.5. The van der Waals surface area contributed by atoms with Gasteiger partial charge in [0.15, 0.2) is 5.69 Å². The zero-order valence-electron chi connectivity index (χ0n) is 14.6. The lowest BCUT2D eigenvalue weighted by atomic mass is 10.1. The van der Waals surface area contributed by atoms with Gasteiger partial charge in [-0.05, 0) is 43.1 Å². The van der Waals surface area contributed by atoms with Crippen LogP contribution in [-0.2, 0) is 0 Å². The maximum atomic E-state index is 12.5. The minimum atomic E-state index is -0.164. The Hall–Kier alpha value is -2.99. The average molecular weight is 347 g/mol. The summed E-state index contributed by atoms with van der Waals surface area (Å²) in [7, 11) is 0. The molecule has 1 aliphatic heterocycles. The van der Waals surface area contributed by atoms with Crippen LogP contribution in [0.3, 0.4) is 0 Å². The number of carbonyl (C=O) groups excluding carboxylic acids is 1. The molecule has 1 aromatic heterocycles. The molecule has 2 heterocycles. The molecular weight excluding hydrogens is 326 g/mol. The predicted molar refractivity (Wildman–Crippen MR) is 100 cm³/mol. The third-order valence-electron chi connectivity index (χ3n) is 4.72. The molecule has 2 N–H and O–H groups in total. The van der Waals surface area contributed by atoms with E-state index in [1.807, 2.05) is 37.3 Å². The van der Waals surface area contributed by atoms with Crippen molar-refractivity contribution in [2.75, 3.05) is 13.1 Å². The highest BCUT2D eigenvalue weighted by Gasteiger charge is 2.22. The van der Waals surface area contributed by atoms with Gasteiger partial charge in [0.2, 0.25) is 0 Å². The monoisotopic (exact) mass is 347 g/mol. The smallest absolute Gasteiger partial charge is 0.274 e. The summed E-state index contributed by atoms with van der Waals surface area (Å²) in [5.74, 6) is -0.164. The van der Waals surface area contributed by atoms with Crippen LogP contribution in [0, 0.1) is 6.92 Å². The van der Waals surface area contributed by atoms with E-state index in [2.05, 4.69) is 45.2 Å². The minimum absolute atomic E-state index is 0.164. The number of amides is 1. The van der Waals surface area contributed by atoms with Gasteiger partial charge in [0.25, 0.3) is 5.91 Å². The molecule has 4 rings (SSSR count). The molecule has 1 aliphatic rings. The van der Waals surface area contributed by atoms with Crippen molar-refractivity contribution in [3.63, 3.8) is 0 Å². The minimum Gasteiger partial charge on any atom is -0.347 e. The largest absolute Gasteiger partial charge is 0.347 e. The zero-order valence-corrected chi connectivity index (χ0v) is 14.6. The summed E-state index contributed by atoms with van der Waals surface area (Å²) in [5.41, 5.74) is 4.31. The average Bonchev–Trinajstić information content (AvgIpc) is 3.32. The highest BCUT2D eigenvalue weighted by molar-refractivity contribution is 5.93. The molecule has 6 heteroatoms. The van der Waals surface area contributed by atoms with Gasteiger partial charge in [0.1, 0.15) is 0 Å². The van der Waals surface area contributed by atoms with Crippen LogP contribution in [0.15, 0.2) is 54.6 Å². The second kappa shape index (κ2) is 7.09. The van der Waals surface area contributed by atoms with Gasteiger partial charge < -0.3 is 10.6 Å². The van der Waals surface area contributed by atoms with E-state index in [4.69, 9.17) is 0 Å². The molecule has 0 radical (unpaired) electrons. The molecule has 1 fully saturated rings. The first kappa shape index (κ1) is 16.5. The van der Waals surface area contributed by atoms with Gasteiger partial charge in [-0.3, -0.25) is 4.79 Å². The number of rotatable bonds is 4. The number of carbonyl (C=O) groups is 1. The third-order valence-corrected chi connectivity index (χ3v) is 4.72. The van der Waals surface area contributed by atoms with E-state index in [9.17, 15) is 4.79 Å². The summed E-state index contributed by atoms with van der Waals surface area (Å²) < 4.78 is 1.70. The van der Waals surface area contributed by atoms with Crippen LogP contribution in [0.5, 0.6) is 0 Å². The van der Waals surface area contributed by atoms with Gasteiger partial charge in [0, 0.05) is 12.6 Å². The molecule has 1 unspecified atom stereocenters. The van der Waals surface area contributed by atoms with E-state index < -0.39 is 0 Å². The van der Waals surface area contributed by atoms with Gasteiger partial charge in [-0.1, -0.05) is 47.7 Å². The molecule has 0 saturated carbocycles. The second-order valence-corrected chi connectivity index (χ2v) is 6.51. The first-order valence-corrected chi connectivity index (χ1v) is 8.82. The fraction of sp³-hybridized carbons (Fsp3) is 0.250. The molecule has 2 aromatic carbocycles. The van der Waals surface area contributed by atoms with E-state index in [1.165, 1.54) is 5.56 Å². The Balaban J connectivity index is 1.55. The molecule has 1 saturated heterocycles. The van der Waals surface area contributed by atoms with E-state index in [0.29, 0.717) is 5.69 Å². The number of hydrogen-bond acceptors (Lipinski definition) is 4. The standard InChI is InChI=1S/C20H21N5O/c1-14-19(20(26)22-17-11-12-21-13-17)23-24-25(14)18-9-7-16(8-10-18)15-5-3-2-4-6-15/h2-10,17,21H,11-13H2,1H3,(H,22,26). The summed E-state index contributed by atoms with van der Waals surface area (Å²) in [5, 5.41) is 14.5. The number of aromatic nitrogens is 3. The Bertz CT molecular complexity index is 896. The molecule has 0 aliphatic carbocycles. The van der Waals surface area contributed by atoms with Crippen LogP contribution in [0.25, 0.3) is 16.8 Å². The molecule has 132 valence electrons. The Kier molecular flexibility index (Phi) is 4.50. The Morgan fingerprint density at radius 1 is 1.12 bits per heavy atom. The summed E-state index contributed by atoms with van der Waals surface area (Å²) >= 11 is 0. The van der Waals surface area contributed by atoms with Crippen LogP contribution in [0.1, 0.15) is 22.6 Å². The van der Waals surface area contributed by atoms with Crippen molar-refractivity contribution < 1.29 is 4.79 Å². The summed E-state index contributed by atoms with van der Waals surface area (Å²) in [6.07, 6.45) is 0.944. The molecule has 1 amide bonds. The number of benzene rings is 2. The van der Waals surface area contributed by atoms with Gasteiger partial charge in [-0.15, -0.1) is 5.10 Å². The summed E-state index contributed by atoms with van der Waals surface area (Å²) in [6.45, 7) is 3.61. The van der Waals surface area contributed by atoms with Crippen LogP contribution in [-0.4, -0.2) is 40.0 Å². The fourth-order valence-electron chi connectivity index (χ4n) is 3.24. The number of nitrogens with zero attached hydrogens (tertiary/aromatic N) is 3. The third kappa shape index (κ3) is 3.23. The van der Waals surface area contributed by atoms with E-state index >= 15 is 0 Å². The van der Waals surface area contributed by atoms with Crippen LogP contribution < -0.4 is 10.6 Å². The van der Waals surface area contributed by atoms with E-state index in [1.54, 1.807) is 4.68 Å². The molecule has 1 atom stereocenters. The second-order valence-electron chi connectivity index (χ2n) is 6.51. The van der Waals surface area contributed by atoms with Crippen LogP contribution in [0.4, 0.5) is 0 Å². The predicted octanol–water partition coefficient (Wildman–Crippen LogP) is 2.33. The fourth-order valence-corrected chi connectivity index (χ4v) is 3.24. The number of nitrogens with one attached hydrogen (secondary N) is 2. The lowest BCUT2D eigenvalue weighted by Crippen LogP contribution is -2.36. The number of hydrogen-bond donors (Lipinski definition) is 2. The topological polar surface area (TPSA) is 71.8 Å². The Morgan fingerprint density at radius 2 is 1.85 bits per heavy atom. The quantitative estimate of drug-likeness (QED) is 0.760. The lowest BCUT2D eigenvalue weighted by molar-refractivity contribution is 0.0934. The SMILES string of the molecule is Cc1c(C(=O)NC2CCNC2)nnn1-c1ccc(-c2ccccc2)cc1. The van der Waals surface area contributed by atoms with Crippen LogP contribution in [0.2, 0.25) is 0 Å². The van der Waals surface area contributed by atoms with Gasteiger partial charge in [-0.2, -0.15) is 0 Å². The van der Waals surface area contributed by atoms with Crippen molar-refractivity contribution >= 4 is 5.91 Å². The highest BCUT2D eigenvalue weighted by atomic mass is 16.2. The first-order chi connectivity index (χ1) is 12.7. The maximum Gasteiger partial charge on any atom is 0.274 e. The molecular formula is C20H21N5O. The summed E-state index contributed by atoms with van der Waals surface area (Å²) in [4.78, 5) is 12.5. The van der Waals surface area contributed by atoms with Crippen molar-refractivity contribution in [3.8, 4) is 16.8 Å². The molecule has 0 bridgehead atoms. The van der Waals surface area contributed by atoms with Crippen molar-refractivity contribution in [1.29, 1.82) is 0 Å². The van der Waals surface area contributed by atoms with Gasteiger partial charge in [-0.25, -0.2) is 4.68 Å². The van der Waals surface area contributed by atoms with E-state index in [0.717, 1.165) is 36.5 Å². The summed E-state index contributed by atoms with van der Waals surface area (Å²) in [6, 6.07) is 18.5. The Morgan fingerprint density at radius 3 is 2.54 bits per heavy atom. The highest BCUT2D eigenvalue weighted by Crippen LogP contribution is 2.21. The molecule has 3 aromatic rings. The van der Waals surface area contributed by atoms with Crippen LogP contribution >= 0.6 is 0 Å².